The zero-order chi connectivity index (χ0) is 21.3. The Morgan fingerprint density at radius 2 is 1.03 bits per heavy atom. The average molecular weight is 410 g/mol. The minimum atomic E-state index is -0.819. The molecule has 0 fully saturated rings. The molecule has 1 aliphatic rings. The average Bonchev–Trinajstić information content (AvgIpc) is 2.74. The van der Waals surface area contributed by atoms with Crippen LogP contribution < -0.4 is 0 Å². The van der Waals surface area contributed by atoms with E-state index >= 15 is 0 Å². The van der Waals surface area contributed by atoms with Gasteiger partial charge in [-0.1, -0.05) is 72.8 Å². The summed E-state index contributed by atoms with van der Waals surface area (Å²) in [6.45, 7) is 3.29. The predicted octanol–water partition coefficient (Wildman–Crippen LogP) is 3.59. The number of carbonyl (C=O) groups excluding carboxylic acids is 2. The van der Waals surface area contributed by atoms with E-state index in [4.69, 9.17) is 18.9 Å². The van der Waals surface area contributed by atoms with Crippen LogP contribution in [0.1, 0.15) is 25.0 Å². The molecular weight excluding hydrogens is 384 g/mol. The van der Waals surface area contributed by atoms with Gasteiger partial charge in [-0.3, -0.25) is 9.59 Å². The van der Waals surface area contributed by atoms with E-state index in [1.807, 2.05) is 60.7 Å². The van der Waals surface area contributed by atoms with Gasteiger partial charge in [0.2, 0.25) is 0 Å². The second kappa shape index (κ2) is 10.7. The van der Waals surface area contributed by atoms with Crippen molar-refractivity contribution in [3.63, 3.8) is 0 Å². The minimum absolute atomic E-state index is 0.329. The van der Waals surface area contributed by atoms with Gasteiger partial charge in [0.1, 0.15) is 12.2 Å². The number of esters is 2. The van der Waals surface area contributed by atoms with Crippen molar-refractivity contribution in [2.75, 3.05) is 0 Å². The molecule has 30 heavy (non-hydrogen) atoms. The number of carbonyl (C=O) groups is 2. The fraction of sp³-hybridized carbons (Fsp3) is 0.333. The molecule has 0 N–H and O–H groups in total. The van der Waals surface area contributed by atoms with Crippen LogP contribution in [0.3, 0.4) is 0 Å². The molecular formula is C24H26O6. The first kappa shape index (κ1) is 21.7. The molecule has 0 heterocycles. The van der Waals surface area contributed by atoms with Gasteiger partial charge >= 0.3 is 11.9 Å². The summed E-state index contributed by atoms with van der Waals surface area (Å²) in [6.07, 6.45) is 0.810. The number of rotatable bonds is 8. The lowest BCUT2D eigenvalue weighted by atomic mass is 9.95. The van der Waals surface area contributed by atoms with E-state index in [9.17, 15) is 9.59 Å². The minimum Gasteiger partial charge on any atom is -0.455 e. The monoisotopic (exact) mass is 410 g/mol. The Bertz CT molecular complexity index is 777. The Morgan fingerprint density at radius 3 is 1.37 bits per heavy atom. The van der Waals surface area contributed by atoms with Crippen molar-refractivity contribution in [3.8, 4) is 0 Å². The van der Waals surface area contributed by atoms with Crippen molar-refractivity contribution >= 4 is 11.9 Å². The summed E-state index contributed by atoms with van der Waals surface area (Å²) in [5.41, 5.74) is 1.97. The van der Waals surface area contributed by atoms with Crippen LogP contribution in [0.2, 0.25) is 0 Å². The quantitative estimate of drug-likeness (QED) is 0.489. The fourth-order valence-corrected chi connectivity index (χ4v) is 3.30. The van der Waals surface area contributed by atoms with Gasteiger partial charge in [-0.25, -0.2) is 0 Å². The number of benzene rings is 2. The van der Waals surface area contributed by atoms with Crippen molar-refractivity contribution < 1.29 is 28.5 Å². The molecule has 0 saturated carbocycles. The Hall–Kier alpha value is -2.96. The molecule has 1 aliphatic carbocycles. The highest BCUT2D eigenvalue weighted by atomic mass is 16.6. The van der Waals surface area contributed by atoms with E-state index in [1.54, 1.807) is 12.2 Å². The Morgan fingerprint density at radius 1 is 0.667 bits per heavy atom. The van der Waals surface area contributed by atoms with Gasteiger partial charge in [-0.15, -0.1) is 0 Å². The zero-order valence-electron chi connectivity index (χ0n) is 17.1. The highest BCUT2D eigenvalue weighted by Gasteiger charge is 2.42. The molecule has 0 radical (unpaired) electrons. The van der Waals surface area contributed by atoms with Gasteiger partial charge in [0, 0.05) is 13.8 Å². The second-order valence-electron chi connectivity index (χ2n) is 7.06. The van der Waals surface area contributed by atoms with Crippen LogP contribution in [-0.2, 0) is 41.8 Å². The van der Waals surface area contributed by atoms with E-state index in [0.717, 1.165) is 11.1 Å². The van der Waals surface area contributed by atoms with Crippen molar-refractivity contribution in [2.45, 2.75) is 51.5 Å². The molecule has 0 spiro atoms. The first-order valence-electron chi connectivity index (χ1n) is 9.87. The summed E-state index contributed by atoms with van der Waals surface area (Å²) in [7, 11) is 0. The number of hydrogen-bond donors (Lipinski definition) is 0. The van der Waals surface area contributed by atoms with Crippen molar-refractivity contribution in [1.82, 2.24) is 0 Å². The molecule has 2 aromatic rings. The molecule has 6 nitrogen and oxygen atoms in total. The van der Waals surface area contributed by atoms with E-state index in [-0.39, 0.29) is 0 Å². The van der Waals surface area contributed by atoms with Crippen LogP contribution in [0.5, 0.6) is 0 Å². The van der Waals surface area contributed by atoms with Gasteiger partial charge in [-0.05, 0) is 11.1 Å². The van der Waals surface area contributed by atoms with E-state index in [2.05, 4.69) is 0 Å². The van der Waals surface area contributed by atoms with E-state index in [0.29, 0.717) is 13.2 Å². The van der Waals surface area contributed by atoms with Crippen LogP contribution >= 0.6 is 0 Å². The second-order valence-corrected chi connectivity index (χ2v) is 7.06. The van der Waals surface area contributed by atoms with Crippen LogP contribution in [0.25, 0.3) is 0 Å². The largest absolute Gasteiger partial charge is 0.455 e. The normalized spacial score (nSPS) is 23.0. The maximum Gasteiger partial charge on any atom is 0.303 e. The highest BCUT2D eigenvalue weighted by Crippen LogP contribution is 2.26. The molecule has 0 bridgehead atoms. The summed E-state index contributed by atoms with van der Waals surface area (Å²) in [5, 5.41) is 0. The lowest BCUT2D eigenvalue weighted by molar-refractivity contribution is -0.190. The summed E-state index contributed by atoms with van der Waals surface area (Å²) >= 11 is 0. The van der Waals surface area contributed by atoms with Crippen LogP contribution in [0, 0.1) is 0 Å². The van der Waals surface area contributed by atoms with Gasteiger partial charge in [0.25, 0.3) is 0 Å². The summed E-state index contributed by atoms with van der Waals surface area (Å²) in [4.78, 5) is 23.5. The lowest BCUT2D eigenvalue weighted by Gasteiger charge is -2.37. The molecule has 0 unspecified atom stereocenters. The number of ether oxygens (including phenoxy) is 4. The SMILES string of the molecule is CC(=O)O[C@@H]1[C@@H](OC(C)=O)[C@@H](OCc2ccccc2)C=C[C@@H]1OCc1ccccc1. The molecule has 0 aliphatic heterocycles. The molecule has 2 aromatic carbocycles. The van der Waals surface area contributed by atoms with Crippen LogP contribution in [0.4, 0.5) is 0 Å². The topological polar surface area (TPSA) is 71.1 Å². The molecule has 158 valence electrons. The Balaban J connectivity index is 1.77. The van der Waals surface area contributed by atoms with Crippen LogP contribution in [0.15, 0.2) is 72.8 Å². The van der Waals surface area contributed by atoms with Crippen LogP contribution in [-0.4, -0.2) is 36.4 Å². The lowest BCUT2D eigenvalue weighted by Crippen LogP contribution is -2.52. The molecule has 0 amide bonds. The number of hydrogen-bond acceptors (Lipinski definition) is 6. The predicted molar refractivity (Wildman–Crippen MR) is 110 cm³/mol. The molecule has 4 atom stereocenters. The van der Waals surface area contributed by atoms with Gasteiger partial charge in [0.15, 0.2) is 12.2 Å². The van der Waals surface area contributed by atoms with Crippen molar-refractivity contribution in [3.05, 3.63) is 83.9 Å². The van der Waals surface area contributed by atoms with Gasteiger partial charge in [0.05, 0.1) is 13.2 Å². The molecule has 0 aromatic heterocycles. The van der Waals surface area contributed by atoms with E-state index < -0.39 is 36.4 Å². The Labute approximate surface area is 176 Å². The Kier molecular flexibility index (Phi) is 7.76. The maximum absolute atomic E-state index is 11.8. The first-order chi connectivity index (χ1) is 14.5. The summed E-state index contributed by atoms with van der Waals surface area (Å²) < 4.78 is 23.0. The summed E-state index contributed by atoms with van der Waals surface area (Å²) in [5.74, 6) is -0.967. The van der Waals surface area contributed by atoms with Gasteiger partial charge in [-0.2, -0.15) is 0 Å². The third kappa shape index (κ3) is 6.27. The first-order valence-corrected chi connectivity index (χ1v) is 9.87. The third-order valence-corrected chi connectivity index (χ3v) is 4.64. The van der Waals surface area contributed by atoms with Gasteiger partial charge < -0.3 is 18.9 Å². The van der Waals surface area contributed by atoms with E-state index in [1.165, 1.54) is 13.8 Å². The molecule has 6 heteroatoms. The van der Waals surface area contributed by atoms with Crippen molar-refractivity contribution in [1.29, 1.82) is 0 Å². The zero-order valence-corrected chi connectivity index (χ0v) is 17.1. The third-order valence-electron chi connectivity index (χ3n) is 4.64. The fourth-order valence-electron chi connectivity index (χ4n) is 3.30. The smallest absolute Gasteiger partial charge is 0.303 e. The van der Waals surface area contributed by atoms with Crippen molar-refractivity contribution in [2.24, 2.45) is 0 Å². The molecule has 0 saturated heterocycles. The maximum atomic E-state index is 11.8. The highest BCUT2D eigenvalue weighted by molar-refractivity contribution is 5.67. The standard InChI is InChI=1S/C24H26O6/c1-17(25)29-23-21(27-15-19-9-5-3-6-10-19)13-14-22(24(23)30-18(2)26)28-16-20-11-7-4-8-12-20/h3-14,21-24H,15-16H2,1-2H3/t21-,22-,23-,24-/m0/s1. The molecule has 3 rings (SSSR count). The summed E-state index contributed by atoms with van der Waals surface area (Å²) in [6, 6.07) is 19.3.